The van der Waals surface area contributed by atoms with E-state index in [1.807, 2.05) is 88.4 Å². The summed E-state index contributed by atoms with van der Waals surface area (Å²) in [6.45, 7) is 13.8. The van der Waals surface area contributed by atoms with Crippen LogP contribution in [0.25, 0.3) is 0 Å². The first-order chi connectivity index (χ1) is 23.9. The molecule has 1 atom stereocenters. The largest absolute Gasteiger partial charge is 0.460 e. The predicted octanol–water partition coefficient (Wildman–Crippen LogP) is 6.67. The predicted molar refractivity (Wildman–Crippen MR) is 194 cm³/mol. The van der Waals surface area contributed by atoms with E-state index in [1.54, 1.807) is 32.9 Å². The number of hydrogen-bond acceptors (Lipinski definition) is 9. The molecule has 12 heteroatoms. The lowest BCUT2D eigenvalue weighted by atomic mass is 10.2. The van der Waals surface area contributed by atoms with Crippen molar-refractivity contribution in [1.29, 1.82) is 0 Å². The van der Waals surface area contributed by atoms with E-state index >= 15 is 0 Å². The summed E-state index contributed by atoms with van der Waals surface area (Å²) < 4.78 is 49.4. The minimum Gasteiger partial charge on any atom is -0.460 e. The van der Waals surface area contributed by atoms with Crippen LogP contribution in [0, 0.1) is 6.92 Å². The second kappa shape index (κ2) is 18.8. The Balaban J connectivity index is 0.000000330. The number of benzene rings is 3. The van der Waals surface area contributed by atoms with Crippen molar-refractivity contribution < 1.29 is 41.7 Å². The van der Waals surface area contributed by atoms with E-state index in [1.165, 1.54) is 17.0 Å². The van der Waals surface area contributed by atoms with Gasteiger partial charge >= 0.3 is 18.0 Å². The highest BCUT2D eigenvalue weighted by atomic mass is 32.2. The highest BCUT2D eigenvalue weighted by Gasteiger charge is 2.43. The van der Waals surface area contributed by atoms with E-state index in [0.717, 1.165) is 21.0 Å². The number of hydrogen-bond donors (Lipinski definition) is 0. The van der Waals surface area contributed by atoms with Crippen LogP contribution in [-0.2, 0) is 51.8 Å². The fourth-order valence-corrected chi connectivity index (χ4v) is 6.44. The first kappa shape index (κ1) is 41.2. The van der Waals surface area contributed by atoms with Gasteiger partial charge in [0.25, 0.3) is 0 Å². The van der Waals surface area contributed by atoms with Crippen LogP contribution in [0.3, 0.4) is 0 Å². The van der Waals surface area contributed by atoms with Gasteiger partial charge in [-0.05, 0) is 78.1 Å². The number of amides is 1. The Kier molecular flexibility index (Phi) is 15.2. The molecule has 3 aromatic carbocycles. The minimum atomic E-state index is -3.99. The molecule has 0 bridgehead atoms. The number of carbonyl (C=O) groups is 3. The van der Waals surface area contributed by atoms with Crippen LogP contribution >= 0.6 is 0 Å². The van der Waals surface area contributed by atoms with Gasteiger partial charge in [0, 0.05) is 26.1 Å². The van der Waals surface area contributed by atoms with Crippen LogP contribution in [0.15, 0.2) is 89.8 Å². The van der Waals surface area contributed by atoms with Crippen LogP contribution in [0.4, 0.5) is 4.79 Å². The summed E-state index contributed by atoms with van der Waals surface area (Å²) in [7, 11) is -3.99. The van der Waals surface area contributed by atoms with Gasteiger partial charge in [0.15, 0.2) is 0 Å². The maximum atomic E-state index is 13.4. The molecule has 1 unspecified atom stereocenters. The molecular weight excluding hydrogens is 673 g/mol. The quantitative estimate of drug-likeness (QED) is 0.121. The molecule has 1 saturated heterocycles. The average molecular weight is 725 g/mol. The van der Waals surface area contributed by atoms with Crippen molar-refractivity contribution in [3.63, 3.8) is 0 Å². The fraction of sp³-hybridized carbons (Fsp3) is 0.462. The van der Waals surface area contributed by atoms with Gasteiger partial charge in [-0.3, -0.25) is 9.59 Å². The standard InChI is InChI=1S/C24H30N2O6S.C15H22O3/c1-18-10-12-20(13-11-18)33(29,30)26-15-14-25(23(28)32-24(2,3)4)16-21(26)22(27)31-17-19-8-6-5-7-9-19;1-15(2,3)18-14(16)10-7-11-17-12-13-8-5-4-6-9-13/h5-13,21H,14-17H2,1-4H3;4-6,8-9H,7,10-12H2,1-3H3. The van der Waals surface area contributed by atoms with Gasteiger partial charge < -0.3 is 23.8 Å². The Labute approximate surface area is 302 Å². The molecule has 0 saturated carbocycles. The second-order valence-electron chi connectivity index (χ2n) is 14.2. The number of ether oxygens (including phenoxy) is 4. The lowest BCUT2D eigenvalue weighted by Gasteiger charge is -2.39. The van der Waals surface area contributed by atoms with Gasteiger partial charge in [-0.15, -0.1) is 0 Å². The molecule has 1 aliphatic heterocycles. The summed E-state index contributed by atoms with van der Waals surface area (Å²) in [4.78, 5) is 38.5. The number of esters is 2. The number of sulfonamides is 1. The third-order valence-electron chi connectivity index (χ3n) is 7.31. The van der Waals surface area contributed by atoms with Crippen molar-refractivity contribution in [2.24, 2.45) is 0 Å². The Bertz CT molecular complexity index is 1650. The van der Waals surface area contributed by atoms with Crippen molar-refractivity contribution in [3.8, 4) is 0 Å². The number of carbonyl (C=O) groups excluding carboxylic acids is 3. The molecule has 51 heavy (non-hydrogen) atoms. The Morgan fingerprint density at radius 1 is 0.745 bits per heavy atom. The highest BCUT2D eigenvalue weighted by molar-refractivity contribution is 7.89. The zero-order valence-electron chi connectivity index (χ0n) is 30.8. The number of piperazine rings is 1. The van der Waals surface area contributed by atoms with E-state index in [9.17, 15) is 22.8 Å². The van der Waals surface area contributed by atoms with Gasteiger partial charge in [0.1, 0.15) is 23.9 Å². The normalized spacial score (nSPS) is 15.3. The second-order valence-corrected chi connectivity index (χ2v) is 16.1. The SMILES string of the molecule is CC(C)(C)OC(=O)CCCOCc1ccccc1.Cc1ccc(S(=O)(=O)N2CCN(C(=O)OC(C)(C)C)CC2C(=O)OCc2ccccc2)cc1. The average Bonchev–Trinajstić information content (AvgIpc) is 3.06. The smallest absolute Gasteiger partial charge is 0.410 e. The molecule has 0 aromatic heterocycles. The van der Waals surface area contributed by atoms with Crippen molar-refractivity contribution in [3.05, 3.63) is 102 Å². The summed E-state index contributed by atoms with van der Waals surface area (Å²) in [5.74, 6) is -0.881. The zero-order valence-corrected chi connectivity index (χ0v) is 31.6. The highest BCUT2D eigenvalue weighted by Crippen LogP contribution is 2.24. The molecule has 0 N–H and O–H groups in total. The number of rotatable bonds is 11. The maximum absolute atomic E-state index is 13.4. The zero-order chi connectivity index (χ0) is 37.7. The third-order valence-corrected chi connectivity index (χ3v) is 9.23. The summed E-state index contributed by atoms with van der Waals surface area (Å²) in [5, 5.41) is 0. The molecule has 3 aromatic rings. The van der Waals surface area contributed by atoms with Crippen molar-refractivity contribution in [2.75, 3.05) is 26.2 Å². The summed E-state index contributed by atoms with van der Waals surface area (Å²) in [6.07, 6.45) is 0.504. The van der Waals surface area contributed by atoms with Gasteiger partial charge in [0.05, 0.1) is 18.0 Å². The van der Waals surface area contributed by atoms with Gasteiger partial charge in [0.2, 0.25) is 10.0 Å². The van der Waals surface area contributed by atoms with Crippen LogP contribution in [0.5, 0.6) is 0 Å². The molecule has 1 amide bonds. The lowest BCUT2D eigenvalue weighted by molar-refractivity contribution is -0.155. The minimum absolute atomic E-state index is 0.00102. The Morgan fingerprint density at radius 3 is 1.84 bits per heavy atom. The first-order valence-electron chi connectivity index (χ1n) is 17.0. The third kappa shape index (κ3) is 14.5. The summed E-state index contributed by atoms with van der Waals surface area (Å²) in [6, 6.07) is 24.3. The van der Waals surface area contributed by atoms with E-state index in [2.05, 4.69) is 0 Å². The van der Waals surface area contributed by atoms with Crippen molar-refractivity contribution in [1.82, 2.24) is 9.21 Å². The van der Waals surface area contributed by atoms with E-state index < -0.39 is 39.3 Å². The van der Waals surface area contributed by atoms with Crippen LogP contribution < -0.4 is 0 Å². The van der Waals surface area contributed by atoms with Gasteiger partial charge in [-0.25, -0.2) is 13.2 Å². The van der Waals surface area contributed by atoms with E-state index in [-0.39, 0.29) is 37.1 Å². The van der Waals surface area contributed by atoms with Crippen molar-refractivity contribution >= 4 is 28.1 Å². The van der Waals surface area contributed by atoms with E-state index in [4.69, 9.17) is 18.9 Å². The molecule has 4 rings (SSSR count). The maximum Gasteiger partial charge on any atom is 0.410 e. The van der Waals surface area contributed by atoms with Crippen molar-refractivity contribution in [2.45, 2.75) is 96.7 Å². The van der Waals surface area contributed by atoms with E-state index in [0.29, 0.717) is 26.1 Å². The molecule has 1 aliphatic rings. The molecule has 0 spiro atoms. The molecule has 278 valence electrons. The Hall–Kier alpha value is -4.26. The molecular formula is C39H52N2O9S. The van der Waals surface area contributed by atoms with Gasteiger partial charge in [-0.1, -0.05) is 78.4 Å². The Morgan fingerprint density at radius 2 is 1.29 bits per heavy atom. The molecule has 11 nitrogen and oxygen atoms in total. The lowest BCUT2D eigenvalue weighted by Crippen LogP contribution is -2.60. The van der Waals surface area contributed by atoms with Crippen LogP contribution in [-0.4, -0.2) is 79.1 Å². The molecule has 1 heterocycles. The molecule has 0 radical (unpaired) electrons. The topological polar surface area (TPSA) is 129 Å². The first-order valence-corrected chi connectivity index (χ1v) is 18.5. The van der Waals surface area contributed by atoms with Crippen LogP contribution in [0.1, 0.15) is 71.1 Å². The molecule has 1 fully saturated rings. The summed E-state index contributed by atoms with van der Waals surface area (Å²) >= 11 is 0. The van der Waals surface area contributed by atoms with Gasteiger partial charge in [-0.2, -0.15) is 4.31 Å². The number of aryl methyl sites for hydroxylation is 1. The number of nitrogens with zero attached hydrogens (tertiary/aromatic N) is 2. The monoisotopic (exact) mass is 724 g/mol. The van der Waals surface area contributed by atoms with Crippen LogP contribution in [0.2, 0.25) is 0 Å². The fourth-order valence-electron chi connectivity index (χ4n) is 4.88. The summed E-state index contributed by atoms with van der Waals surface area (Å²) in [5.41, 5.74) is 1.73. The molecule has 0 aliphatic carbocycles.